The molecule has 1 aliphatic rings. The first kappa shape index (κ1) is 23.0. The number of rotatable bonds is 5. The third-order valence-corrected chi connectivity index (χ3v) is 5.01. The number of halogens is 4. The second kappa shape index (κ2) is 8.61. The van der Waals surface area contributed by atoms with Gasteiger partial charge in [0.05, 0.1) is 12.7 Å². The number of benzene rings is 1. The minimum atomic E-state index is -5.08. The van der Waals surface area contributed by atoms with Gasteiger partial charge in [0.1, 0.15) is 29.3 Å². The van der Waals surface area contributed by atoms with Gasteiger partial charge in [0.15, 0.2) is 11.6 Å². The number of carbonyl (C=O) groups is 2. The van der Waals surface area contributed by atoms with Gasteiger partial charge in [-0.15, -0.1) is 13.2 Å². The summed E-state index contributed by atoms with van der Waals surface area (Å²) in [5.74, 6) is -3.40. The predicted molar refractivity (Wildman–Crippen MR) is 107 cm³/mol. The zero-order valence-electron chi connectivity index (χ0n) is 17.4. The number of esters is 1. The SMILES string of the molecule is COC(=O)c1ccc(C(=O)N[C@@]2(c3ccc(OC(F)(F)F)c(F)c3)COc3cccnc32)nc1. The number of aromatic nitrogens is 2. The van der Waals surface area contributed by atoms with Crippen molar-refractivity contribution in [3.05, 3.63) is 83.2 Å². The van der Waals surface area contributed by atoms with E-state index >= 15 is 0 Å². The van der Waals surface area contributed by atoms with Crippen molar-refractivity contribution < 1.29 is 41.4 Å². The largest absolute Gasteiger partial charge is 0.573 e. The Morgan fingerprint density at radius 3 is 2.59 bits per heavy atom. The molecule has 1 aromatic carbocycles. The van der Waals surface area contributed by atoms with Crippen molar-refractivity contribution in [2.24, 2.45) is 0 Å². The summed E-state index contributed by atoms with van der Waals surface area (Å²) in [6, 6.07) is 8.57. The number of methoxy groups -OCH3 is 1. The van der Waals surface area contributed by atoms with Gasteiger partial charge in [0, 0.05) is 12.4 Å². The highest BCUT2D eigenvalue weighted by Gasteiger charge is 2.46. The zero-order valence-corrected chi connectivity index (χ0v) is 17.4. The first-order valence-electron chi connectivity index (χ1n) is 9.64. The van der Waals surface area contributed by atoms with Crippen molar-refractivity contribution >= 4 is 11.9 Å². The zero-order chi connectivity index (χ0) is 24.5. The molecule has 2 aromatic heterocycles. The number of pyridine rings is 2. The van der Waals surface area contributed by atoms with Crippen LogP contribution in [0.15, 0.2) is 54.9 Å². The molecule has 0 unspecified atom stereocenters. The molecule has 0 fully saturated rings. The molecule has 0 spiro atoms. The fraction of sp³-hybridized carbons (Fsp3) is 0.182. The van der Waals surface area contributed by atoms with Gasteiger partial charge >= 0.3 is 12.3 Å². The molecule has 0 saturated heterocycles. The summed E-state index contributed by atoms with van der Waals surface area (Å²) < 4.78 is 66.1. The van der Waals surface area contributed by atoms with Crippen LogP contribution in [-0.2, 0) is 10.3 Å². The van der Waals surface area contributed by atoms with E-state index in [1.54, 1.807) is 12.1 Å². The molecular formula is C22H15F4N3O5. The van der Waals surface area contributed by atoms with Gasteiger partial charge in [-0.25, -0.2) is 9.18 Å². The average Bonchev–Trinajstić information content (AvgIpc) is 3.18. The van der Waals surface area contributed by atoms with E-state index in [1.807, 2.05) is 0 Å². The fourth-order valence-corrected chi connectivity index (χ4v) is 3.47. The Morgan fingerprint density at radius 2 is 1.94 bits per heavy atom. The lowest BCUT2D eigenvalue weighted by Crippen LogP contribution is -2.49. The fourth-order valence-electron chi connectivity index (χ4n) is 3.47. The first-order valence-corrected chi connectivity index (χ1v) is 9.64. The maximum absolute atomic E-state index is 14.5. The van der Waals surface area contributed by atoms with E-state index in [1.165, 1.54) is 31.5 Å². The number of hydrogen-bond acceptors (Lipinski definition) is 7. The lowest BCUT2D eigenvalue weighted by Gasteiger charge is -2.29. The normalized spacial score (nSPS) is 16.9. The lowest BCUT2D eigenvalue weighted by atomic mass is 9.87. The van der Waals surface area contributed by atoms with Gasteiger partial charge in [-0.3, -0.25) is 14.8 Å². The van der Waals surface area contributed by atoms with E-state index in [0.717, 1.165) is 18.3 Å². The summed E-state index contributed by atoms with van der Waals surface area (Å²) in [5, 5.41) is 2.70. The maximum atomic E-state index is 14.5. The van der Waals surface area contributed by atoms with Crippen molar-refractivity contribution in [3.63, 3.8) is 0 Å². The van der Waals surface area contributed by atoms with Crippen LogP contribution in [0.2, 0.25) is 0 Å². The van der Waals surface area contributed by atoms with Gasteiger partial charge < -0.3 is 19.5 Å². The Balaban J connectivity index is 1.72. The summed E-state index contributed by atoms with van der Waals surface area (Å²) in [5.41, 5.74) is -1.23. The van der Waals surface area contributed by atoms with Crippen LogP contribution in [0.25, 0.3) is 0 Å². The highest BCUT2D eigenvalue weighted by molar-refractivity contribution is 5.95. The first-order chi connectivity index (χ1) is 16.1. The summed E-state index contributed by atoms with van der Waals surface area (Å²) >= 11 is 0. The van der Waals surface area contributed by atoms with Crippen LogP contribution in [0.4, 0.5) is 17.6 Å². The molecular weight excluding hydrogens is 462 g/mol. The number of nitrogens with one attached hydrogen (secondary N) is 1. The number of carbonyl (C=O) groups excluding carboxylic acids is 2. The topological polar surface area (TPSA) is 99.6 Å². The number of amides is 1. The van der Waals surface area contributed by atoms with Crippen LogP contribution in [0.5, 0.6) is 11.5 Å². The third-order valence-electron chi connectivity index (χ3n) is 5.01. The smallest absolute Gasteiger partial charge is 0.488 e. The predicted octanol–water partition coefficient (Wildman–Crippen LogP) is 3.37. The van der Waals surface area contributed by atoms with Crippen molar-refractivity contribution in [1.82, 2.24) is 15.3 Å². The van der Waals surface area contributed by atoms with E-state index in [2.05, 4.69) is 24.8 Å². The van der Waals surface area contributed by atoms with Crippen molar-refractivity contribution in [2.75, 3.05) is 13.7 Å². The molecule has 0 bridgehead atoms. The van der Waals surface area contributed by atoms with Crippen molar-refractivity contribution in [2.45, 2.75) is 11.9 Å². The third kappa shape index (κ3) is 4.34. The van der Waals surface area contributed by atoms with Crippen LogP contribution >= 0.6 is 0 Å². The maximum Gasteiger partial charge on any atom is 0.573 e. The minimum absolute atomic E-state index is 0.0662. The molecule has 1 aliphatic heterocycles. The molecule has 34 heavy (non-hydrogen) atoms. The molecule has 1 N–H and O–H groups in total. The van der Waals surface area contributed by atoms with E-state index in [-0.39, 0.29) is 29.1 Å². The monoisotopic (exact) mass is 477 g/mol. The van der Waals surface area contributed by atoms with Crippen LogP contribution < -0.4 is 14.8 Å². The van der Waals surface area contributed by atoms with E-state index < -0.39 is 35.3 Å². The number of nitrogens with zero attached hydrogens (tertiary/aromatic N) is 2. The molecule has 3 heterocycles. The lowest BCUT2D eigenvalue weighted by molar-refractivity contribution is -0.275. The van der Waals surface area contributed by atoms with Crippen LogP contribution in [-0.4, -0.2) is 41.9 Å². The average molecular weight is 477 g/mol. The summed E-state index contributed by atoms with van der Waals surface area (Å²) in [6.45, 7) is -0.218. The van der Waals surface area contributed by atoms with Crippen molar-refractivity contribution in [1.29, 1.82) is 0 Å². The second-order valence-electron chi connectivity index (χ2n) is 7.11. The van der Waals surface area contributed by atoms with E-state index in [4.69, 9.17) is 4.74 Å². The van der Waals surface area contributed by atoms with Crippen LogP contribution in [0, 0.1) is 5.82 Å². The summed E-state index contributed by atoms with van der Waals surface area (Å²) in [6.07, 6.45) is -2.51. The Bertz CT molecular complexity index is 1250. The van der Waals surface area contributed by atoms with E-state index in [9.17, 15) is 27.2 Å². The minimum Gasteiger partial charge on any atom is -0.488 e. The molecule has 12 heteroatoms. The second-order valence-corrected chi connectivity index (χ2v) is 7.11. The molecule has 4 rings (SSSR count). The van der Waals surface area contributed by atoms with Crippen molar-refractivity contribution in [3.8, 4) is 11.5 Å². The Kier molecular flexibility index (Phi) is 5.82. The number of hydrogen-bond donors (Lipinski definition) is 1. The molecule has 3 aromatic rings. The number of alkyl halides is 3. The molecule has 0 saturated carbocycles. The summed E-state index contributed by atoms with van der Waals surface area (Å²) in [4.78, 5) is 32.8. The van der Waals surface area contributed by atoms with Crippen LogP contribution in [0.1, 0.15) is 32.1 Å². The standard InChI is InChI=1S/C22H15F4N3O5/c1-32-20(31)12-4-6-15(28-10-12)19(30)29-21(11-33-17-3-2-8-27-18(17)21)13-5-7-16(14(23)9-13)34-22(24,25)26/h2-10H,11H2,1H3,(H,29,30)/t21-/m1/s1. The molecule has 0 aliphatic carbocycles. The Hall–Kier alpha value is -4.22. The van der Waals surface area contributed by atoms with Gasteiger partial charge in [0.2, 0.25) is 0 Å². The number of fused-ring (bicyclic) bond motifs is 1. The Labute approximate surface area is 189 Å². The number of ether oxygens (including phenoxy) is 3. The molecule has 1 amide bonds. The molecule has 1 atom stereocenters. The molecule has 176 valence electrons. The molecule has 0 radical (unpaired) electrons. The molecule has 8 nitrogen and oxygen atoms in total. The summed E-state index contributed by atoms with van der Waals surface area (Å²) in [7, 11) is 1.20. The van der Waals surface area contributed by atoms with Gasteiger partial charge in [0.25, 0.3) is 5.91 Å². The van der Waals surface area contributed by atoms with Gasteiger partial charge in [-0.05, 0) is 42.0 Å². The van der Waals surface area contributed by atoms with E-state index in [0.29, 0.717) is 5.75 Å². The van der Waals surface area contributed by atoms with Gasteiger partial charge in [-0.1, -0.05) is 6.07 Å². The highest BCUT2D eigenvalue weighted by Crippen LogP contribution is 2.41. The highest BCUT2D eigenvalue weighted by atomic mass is 19.4. The Morgan fingerprint density at radius 1 is 1.15 bits per heavy atom. The van der Waals surface area contributed by atoms with Crippen LogP contribution in [0.3, 0.4) is 0 Å². The quantitative estimate of drug-likeness (QED) is 0.444. The van der Waals surface area contributed by atoms with Gasteiger partial charge in [-0.2, -0.15) is 0 Å².